The minimum absolute atomic E-state index is 0.0370. The highest BCUT2D eigenvalue weighted by Crippen LogP contribution is 2.25. The SMILES string of the molecule is O=C([O-])C[C@@H]1C=C[C@H](C[N+](=O)[O-])C1. The van der Waals surface area contributed by atoms with Crippen molar-refractivity contribution in [1.82, 2.24) is 0 Å². The van der Waals surface area contributed by atoms with Gasteiger partial charge in [-0.15, -0.1) is 0 Å². The molecular formula is C8H10NO4-. The molecule has 0 bridgehead atoms. The van der Waals surface area contributed by atoms with E-state index in [9.17, 15) is 20.0 Å². The lowest BCUT2D eigenvalue weighted by molar-refractivity contribution is -0.485. The number of aliphatic carboxylic acids is 1. The largest absolute Gasteiger partial charge is 0.550 e. The molecule has 0 aromatic heterocycles. The van der Waals surface area contributed by atoms with E-state index in [1.54, 1.807) is 12.2 Å². The van der Waals surface area contributed by atoms with Gasteiger partial charge in [0.05, 0.1) is 0 Å². The Kier molecular flexibility index (Phi) is 3.00. The first-order valence-corrected chi connectivity index (χ1v) is 4.08. The Morgan fingerprint density at radius 1 is 1.46 bits per heavy atom. The Morgan fingerprint density at radius 3 is 2.62 bits per heavy atom. The van der Waals surface area contributed by atoms with Crippen LogP contribution in [0.15, 0.2) is 12.2 Å². The van der Waals surface area contributed by atoms with Gasteiger partial charge in [-0.2, -0.15) is 0 Å². The van der Waals surface area contributed by atoms with Gasteiger partial charge in [-0.1, -0.05) is 12.2 Å². The van der Waals surface area contributed by atoms with Gasteiger partial charge in [-0.3, -0.25) is 10.1 Å². The fourth-order valence-corrected chi connectivity index (χ4v) is 1.55. The van der Waals surface area contributed by atoms with Crippen LogP contribution >= 0.6 is 0 Å². The van der Waals surface area contributed by atoms with Crippen LogP contribution in [-0.2, 0) is 4.79 Å². The molecule has 0 fully saturated rings. The number of carboxylic acid groups (broad SMARTS) is 1. The van der Waals surface area contributed by atoms with Crippen LogP contribution in [0.1, 0.15) is 12.8 Å². The summed E-state index contributed by atoms with van der Waals surface area (Å²) in [6.07, 6.45) is 3.96. The fourth-order valence-electron chi connectivity index (χ4n) is 1.55. The van der Waals surface area contributed by atoms with Crippen LogP contribution in [0.25, 0.3) is 0 Å². The first-order chi connectivity index (χ1) is 6.08. The summed E-state index contributed by atoms with van der Waals surface area (Å²) in [6.45, 7) is -0.111. The molecular weight excluding hydrogens is 174 g/mol. The summed E-state index contributed by atoms with van der Waals surface area (Å²) in [4.78, 5) is 20.0. The monoisotopic (exact) mass is 184 g/mol. The summed E-state index contributed by atoms with van der Waals surface area (Å²) in [5.41, 5.74) is 0. The molecule has 72 valence electrons. The number of carbonyl (C=O) groups is 1. The van der Waals surface area contributed by atoms with Gasteiger partial charge in [-0.05, 0) is 18.8 Å². The number of hydrogen-bond acceptors (Lipinski definition) is 4. The van der Waals surface area contributed by atoms with E-state index in [-0.39, 0.29) is 29.7 Å². The van der Waals surface area contributed by atoms with Crippen LogP contribution < -0.4 is 5.11 Å². The second kappa shape index (κ2) is 4.02. The van der Waals surface area contributed by atoms with Crippen molar-refractivity contribution < 1.29 is 14.8 Å². The molecule has 0 N–H and O–H groups in total. The van der Waals surface area contributed by atoms with Crippen molar-refractivity contribution in [3.63, 3.8) is 0 Å². The van der Waals surface area contributed by atoms with Crippen LogP contribution in [0, 0.1) is 22.0 Å². The molecule has 0 aromatic rings. The normalized spacial score (nSPS) is 26.2. The van der Waals surface area contributed by atoms with Crippen LogP contribution in [0.2, 0.25) is 0 Å². The van der Waals surface area contributed by atoms with Gasteiger partial charge in [0.25, 0.3) is 0 Å². The average molecular weight is 184 g/mol. The van der Waals surface area contributed by atoms with E-state index in [2.05, 4.69) is 0 Å². The van der Waals surface area contributed by atoms with Crippen molar-refractivity contribution in [3.8, 4) is 0 Å². The zero-order chi connectivity index (χ0) is 9.84. The van der Waals surface area contributed by atoms with E-state index < -0.39 is 5.97 Å². The number of carboxylic acids is 1. The van der Waals surface area contributed by atoms with Crippen molar-refractivity contribution in [1.29, 1.82) is 0 Å². The molecule has 5 nitrogen and oxygen atoms in total. The zero-order valence-corrected chi connectivity index (χ0v) is 7.01. The smallest absolute Gasteiger partial charge is 0.210 e. The molecule has 1 aliphatic rings. The lowest BCUT2D eigenvalue weighted by Gasteiger charge is -2.09. The minimum atomic E-state index is -1.10. The Bertz CT molecular complexity index is 225. The summed E-state index contributed by atoms with van der Waals surface area (Å²) >= 11 is 0. The highest BCUT2D eigenvalue weighted by molar-refractivity contribution is 5.65. The number of rotatable bonds is 4. The first kappa shape index (κ1) is 9.70. The molecule has 0 spiro atoms. The van der Waals surface area contributed by atoms with E-state index in [1.165, 1.54) is 0 Å². The molecule has 13 heavy (non-hydrogen) atoms. The number of carbonyl (C=O) groups excluding carboxylic acids is 1. The minimum Gasteiger partial charge on any atom is -0.550 e. The molecule has 0 amide bonds. The molecule has 0 aromatic carbocycles. The van der Waals surface area contributed by atoms with Gasteiger partial charge in [0, 0.05) is 16.8 Å². The van der Waals surface area contributed by atoms with E-state index in [1.807, 2.05) is 0 Å². The molecule has 0 aliphatic heterocycles. The number of allylic oxidation sites excluding steroid dienone is 1. The average Bonchev–Trinajstić information content (AvgIpc) is 2.33. The first-order valence-electron chi connectivity index (χ1n) is 4.08. The summed E-state index contributed by atoms with van der Waals surface area (Å²) in [5.74, 6) is -1.30. The lowest BCUT2D eigenvalue weighted by atomic mass is 10.0. The Balaban J connectivity index is 2.33. The second-order valence-electron chi connectivity index (χ2n) is 3.23. The molecule has 0 unspecified atom stereocenters. The zero-order valence-electron chi connectivity index (χ0n) is 7.01. The standard InChI is InChI=1S/C8H11NO4/c10-8(11)4-6-1-2-7(3-6)5-9(12)13/h1-2,6-7H,3-5H2,(H,10,11)/p-1/t6-,7+/m1/s1. The number of nitrogens with zero attached hydrogens (tertiary/aromatic N) is 1. The molecule has 5 heteroatoms. The fraction of sp³-hybridized carbons (Fsp3) is 0.625. The Labute approximate surface area is 75.2 Å². The predicted octanol–water partition coefficient (Wildman–Crippen LogP) is -0.405. The quantitative estimate of drug-likeness (QED) is 0.338. The summed E-state index contributed by atoms with van der Waals surface area (Å²) in [6, 6.07) is 0. The van der Waals surface area contributed by atoms with Gasteiger partial charge in [0.2, 0.25) is 6.54 Å². The summed E-state index contributed by atoms with van der Waals surface area (Å²) < 4.78 is 0. The van der Waals surface area contributed by atoms with Crippen molar-refractivity contribution in [2.75, 3.05) is 6.54 Å². The number of nitro groups is 1. The third-order valence-electron chi connectivity index (χ3n) is 2.07. The maximum atomic E-state index is 10.2. The van der Waals surface area contributed by atoms with Crippen molar-refractivity contribution >= 4 is 5.97 Å². The lowest BCUT2D eigenvalue weighted by Crippen LogP contribution is -2.24. The van der Waals surface area contributed by atoms with E-state index in [0.29, 0.717) is 6.42 Å². The summed E-state index contributed by atoms with van der Waals surface area (Å²) in [5, 5.41) is 20.3. The highest BCUT2D eigenvalue weighted by atomic mass is 16.6. The van der Waals surface area contributed by atoms with Crippen LogP contribution in [0.3, 0.4) is 0 Å². The Morgan fingerprint density at radius 2 is 2.08 bits per heavy atom. The van der Waals surface area contributed by atoms with Crippen LogP contribution in [0.5, 0.6) is 0 Å². The second-order valence-corrected chi connectivity index (χ2v) is 3.23. The van der Waals surface area contributed by atoms with Crippen molar-refractivity contribution in [3.05, 3.63) is 22.3 Å². The molecule has 0 saturated heterocycles. The topological polar surface area (TPSA) is 83.3 Å². The molecule has 0 radical (unpaired) electrons. The molecule has 2 atom stereocenters. The maximum Gasteiger partial charge on any atom is 0.210 e. The number of hydrogen-bond donors (Lipinski definition) is 0. The Hall–Kier alpha value is -1.39. The van der Waals surface area contributed by atoms with Crippen molar-refractivity contribution in [2.24, 2.45) is 11.8 Å². The van der Waals surface area contributed by atoms with Gasteiger partial charge in [-0.25, -0.2) is 0 Å². The van der Waals surface area contributed by atoms with Crippen molar-refractivity contribution in [2.45, 2.75) is 12.8 Å². The molecule has 0 heterocycles. The van der Waals surface area contributed by atoms with E-state index in [0.717, 1.165) is 0 Å². The third kappa shape index (κ3) is 3.23. The van der Waals surface area contributed by atoms with E-state index >= 15 is 0 Å². The maximum absolute atomic E-state index is 10.2. The van der Waals surface area contributed by atoms with Crippen LogP contribution in [-0.4, -0.2) is 17.4 Å². The predicted molar refractivity (Wildman–Crippen MR) is 42.2 cm³/mol. The van der Waals surface area contributed by atoms with E-state index in [4.69, 9.17) is 0 Å². The van der Waals surface area contributed by atoms with Gasteiger partial charge in [0.1, 0.15) is 0 Å². The molecule has 1 aliphatic carbocycles. The van der Waals surface area contributed by atoms with Gasteiger partial charge < -0.3 is 9.90 Å². The van der Waals surface area contributed by atoms with Gasteiger partial charge >= 0.3 is 0 Å². The molecule has 1 rings (SSSR count). The van der Waals surface area contributed by atoms with Gasteiger partial charge in [0.15, 0.2) is 0 Å². The van der Waals surface area contributed by atoms with Crippen LogP contribution in [0.4, 0.5) is 0 Å². The molecule has 0 saturated carbocycles. The highest BCUT2D eigenvalue weighted by Gasteiger charge is 2.22. The summed E-state index contributed by atoms with van der Waals surface area (Å²) in [7, 11) is 0. The third-order valence-corrected chi connectivity index (χ3v) is 2.07.